The van der Waals surface area contributed by atoms with Crippen LogP contribution in [0.3, 0.4) is 0 Å². The van der Waals surface area contributed by atoms with Gasteiger partial charge >= 0.3 is 0 Å². The smallest absolute Gasteiger partial charge is 0.135 e. The average Bonchev–Trinajstić information content (AvgIpc) is 3.56. The Hall–Kier alpha value is -4.60. The van der Waals surface area contributed by atoms with Gasteiger partial charge in [-0.1, -0.05) is 60.7 Å². The van der Waals surface area contributed by atoms with Gasteiger partial charge in [-0.3, -0.25) is 0 Å². The van der Waals surface area contributed by atoms with E-state index in [4.69, 9.17) is 4.42 Å². The van der Waals surface area contributed by atoms with Gasteiger partial charge in [-0.2, -0.15) is 0 Å². The molecule has 5 aromatic carbocycles. The van der Waals surface area contributed by atoms with Gasteiger partial charge < -0.3 is 9.32 Å². The molecule has 2 aromatic heterocycles. The van der Waals surface area contributed by atoms with Gasteiger partial charge in [-0.15, -0.1) is 11.3 Å². The third kappa shape index (κ3) is 3.77. The van der Waals surface area contributed by atoms with Gasteiger partial charge in [0.05, 0.1) is 0 Å². The summed E-state index contributed by atoms with van der Waals surface area (Å²) in [6, 6.07) is 41.2. The number of aryl methyl sites for hydroxylation is 1. The summed E-state index contributed by atoms with van der Waals surface area (Å²) < 4.78 is 7.40. The van der Waals surface area contributed by atoms with Crippen LogP contribution in [0.2, 0.25) is 0 Å². The predicted octanol–water partition coefficient (Wildman–Crippen LogP) is 10.9. The van der Waals surface area contributed by atoms with Gasteiger partial charge in [0.15, 0.2) is 0 Å². The molecule has 0 N–H and O–H groups in total. The monoisotopic (exact) mass is 519 g/mol. The Labute approximate surface area is 231 Å². The van der Waals surface area contributed by atoms with E-state index >= 15 is 0 Å². The summed E-state index contributed by atoms with van der Waals surface area (Å²) in [6.07, 6.45) is 6.82. The number of benzene rings is 5. The maximum absolute atomic E-state index is 6.04. The predicted molar refractivity (Wildman–Crippen MR) is 167 cm³/mol. The van der Waals surface area contributed by atoms with Gasteiger partial charge in [0.1, 0.15) is 11.2 Å². The fourth-order valence-corrected chi connectivity index (χ4v) is 7.00. The summed E-state index contributed by atoms with van der Waals surface area (Å²) in [5, 5.41) is 3.69. The SMILES string of the molecule is C1=Cc2sc3ccc(N(c4ccccc4)c4ccc(-c5ccc6oc7ccccc7c6c5)cc4)cc3c2CC1. The molecule has 0 saturated heterocycles. The molecule has 0 bridgehead atoms. The Morgan fingerprint density at radius 3 is 2.23 bits per heavy atom. The van der Waals surface area contributed by atoms with E-state index in [9.17, 15) is 0 Å². The second-order valence-electron chi connectivity index (χ2n) is 10.1. The maximum atomic E-state index is 6.04. The van der Waals surface area contributed by atoms with E-state index in [-0.39, 0.29) is 0 Å². The number of hydrogen-bond acceptors (Lipinski definition) is 3. The zero-order valence-corrected chi connectivity index (χ0v) is 22.1. The minimum Gasteiger partial charge on any atom is -0.456 e. The minimum absolute atomic E-state index is 0.924. The van der Waals surface area contributed by atoms with Crippen LogP contribution in [0.1, 0.15) is 16.9 Å². The van der Waals surface area contributed by atoms with Gasteiger partial charge in [0.25, 0.3) is 0 Å². The van der Waals surface area contributed by atoms with Crippen LogP contribution in [0.4, 0.5) is 17.1 Å². The van der Waals surface area contributed by atoms with E-state index in [2.05, 4.69) is 120 Å². The summed E-state index contributed by atoms with van der Waals surface area (Å²) in [5.41, 5.74) is 9.20. The third-order valence-electron chi connectivity index (χ3n) is 7.74. The van der Waals surface area contributed by atoms with Gasteiger partial charge in [0, 0.05) is 37.4 Å². The Morgan fingerprint density at radius 1 is 0.590 bits per heavy atom. The second kappa shape index (κ2) is 9.00. The van der Waals surface area contributed by atoms with Crippen molar-refractivity contribution in [3.05, 3.63) is 132 Å². The van der Waals surface area contributed by atoms with E-state index in [1.54, 1.807) is 0 Å². The van der Waals surface area contributed by atoms with Gasteiger partial charge in [-0.25, -0.2) is 0 Å². The van der Waals surface area contributed by atoms with Crippen molar-refractivity contribution in [2.75, 3.05) is 4.90 Å². The highest BCUT2D eigenvalue weighted by Gasteiger charge is 2.17. The van der Waals surface area contributed by atoms with Crippen LogP contribution in [-0.4, -0.2) is 0 Å². The maximum Gasteiger partial charge on any atom is 0.135 e. The van der Waals surface area contributed by atoms with Crippen LogP contribution in [0.5, 0.6) is 0 Å². The summed E-state index contributed by atoms with van der Waals surface area (Å²) in [4.78, 5) is 3.77. The van der Waals surface area contributed by atoms with Crippen molar-refractivity contribution in [2.24, 2.45) is 0 Å². The molecule has 186 valence electrons. The first-order valence-electron chi connectivity index (χ1n) is 13.4. The first-order valence-corrected chi connectivity index (χ1v) is 14.2. The van der Waals surface area contributed by atoms with E-state index in [1.807, 2.05) is 23.5 Å². The Balaban J connectivity index is 1.22. The molecule has 0 saturated carbocycles. The van der Waals surface area contributed by atoms with Crippen molar-refractivity contribution >= 4 is 66.5 Å². The molecule has 0 amide bonds. The van der Waals surface area contributed by atoms with Crippen molar-refractivity contribution in [3.8, 4) is 11.1 Å². The summed E-state index contributed by atoms with van der Waals surface area (Å²) in [5.74, 6) is 0. The van der Waals surface area contributed by atoms with Gasteiger partial charge in [-0.05, 0) is 102 Å². The van der Waals surface area contributed by atoms with Crippen LogP contribution in [0, 0.1) is 0 Å². The number of anilines is 3. The van der Waals surface area contributed by atoms with E-state index in [0.717, 1.165) is 46.2 Å². The molecule has 0 aliphatic heterocycles. The number of rotatable bonds is 4. The molecule has 0 fully saturated rings. The first-order chi connectivity index (χ1) is 19.3. The normalized spacial score (nSPS) is 12.8. The lowest BCUT2D eigenvalue weighted by molar-refractivity contribution is 0.669. The molecular formula is C36H25NOS. The molecule has 2 nitrogen and oxygen atoms in total. The standard InChI is InChI=1S/C36H25NOS/c1-2-8-26(9-3-1)37(28-19-21-36-32(23-28)30-11-5-7-13-35(30)39-36)27-17-14-24(15-18-27)25-16-20-34-31(22-25)29-10-4-6-12-33(29)38-34/h1-4,6-10,12-23H,5,11H2. The lowest BCUT2D eigenvalue weighted by atomic mass is 10.0. The number of thiophene rings is 1. The second-order valence-corrected chi connectivity index (χ2v) is 11.2. The number of para-hydroxylation sites is 2. The van der Waals surface area contributed by atoms with Crippen LogP contribution < -0.4 is 4.90 Å². The molecule has 0 radical (unpaired) electrons. The summed E-state index contributed by atoms with van der Waals surface area (Å²) in [7, 11) is 0. The molecule has 1 aliphatic rings. The third-order valence-corrected chi connectivity index (χ3v) is 8.92. The molecule has 3 heteroatoms. The van der Waals surface area contributed by atoms with Crippen LogP contribution in [0.25, 0.3) is 49.2 Å². The van der Waals surface area contributed by atoms with Crippen molar-refractivity contribution in [3.63, 3.8) is 0 Å². The number of fused-ring (bicyclic) bond motifs is 6. The molecule has 8 rings (SSSR count). The van der Waals surface area contributed by atoms with E-state index < -0.39 is 0 Å². The number of allylic oxidation sites excluding steroid dienone is 1. The summed E-state index contributed by atoms with van der Waals surface area (Å²) >= 11 is 1.90. The lowest BCUT2D eigenvalue weighted by Gasteiger charge is -2.26. The zero-order valence-electron chi connectivity index (χ0n) is 21.3. The quantitative estimate of drug-likeness (QED) is 0.230. The number of furan rings is 1. The van der Waals surface area contributed by atoms with E-state index in [0.29, 0.717) is 0 Å². The average molecular weight is 520 g/mol. The molecule has 7 aromatic rings. The molecule has 1 aliphatic carbocycles. The van der Waals surface area contributed by atoms with Crippen molar-refractivity contribution < 1.29 is 4.42 Å². The van der Waals surface area contributed by atoms with Crippen LogP contribution in [0.15, 0.2) is 126 Å². The lowest BCUT2D eigenvalue weighted by Crippen LogP contribution is -2.09. The largest absolute Gasteiger partial charge is 0.456 e. The highest BCUT2D eigenvalue weighted by molar-refractivity contribution is 7.20. The molecule has 2 heterocycles. The number of nitrogens with zero attached hydrogens (tertiary/aromatic N) is 1. The Kier molecular flexibility index (Phi) is 5.17. The van der Waals surface area contributed by atoms with E-state index in [1.165, 1.54) is 37.3 Å². The van der Waals surface area contributed by atoms with Crippen molar-refractivity contribution in [1.82, 2.24) is 0 Å². The molecule has 39 heavy (non-hydrogen) atoms. The molecule has 0 spiro atoms. The molecule has 0 unspecified atom stereocenters. The molecular weight excluding hydrogens is 494 g/mol. The highest BCUT2D eigenvalue weighted by atomic mass is 32.1. The Bertz CT molecular complexity index is 2010. The highest BCUT2D eigenvalue weighted by Crippen LogP contribution is 2.42. The minimum atomic E-state index is 0.924. The summed E-state index contributed by atoms with van der Waals surface area (Å²) in [6.45, 7) is 0. The number of hydrogen-bond donors (Lipinski definition) is 0. The van der Waals surface area contributed by atoms with Crippen LogP contribution >= 0.6 is 11.3 Å². The van der Waals surface area contributed by atoms with Crippen molar-refractivity contribution in [2.45, 2.75) is 12.8 Å². The van der Waals surface area contributed by atoms with Gasteiger partial charge in [0.2, 0.25) is 0 Å². The van der Waals surface area contributed by atoms with Crippen molar-refractivity contribution in [1.29, 1.82) is 0 Å². The van der Waals surface area contributed by atoms with Crippen LogP contribution in [-0.2, 0) is 6.42 Å². The fourth-order valence-electron chi connectivity index (χ4n) is 5.84. The zero-order chi connectivity index (χ0) is 25.8. The Morgan fingerprint density at radius 2 is 1.33 bits per heavy atom. The first kappa shape index (κ1) is 22.4. The topological polar surface area (TPSA) is 16.4 Å². The molecule has 0 atom stereocenters. The fraction of sp³-hybridized carbons (Fsp3) is 0.0556.